The molecule has 1 N–H and O–H groups in total. The second kappa shape index (κ2) is 10.8. The molecular formula is C23H24N4O6S2. The van der Waals surface area contributed by atoms with E-state index in [9.17, 15) is 21.6 Å². The molecule has 3 rings (SSSR count). The number of carbonyl (C=O) groups is 1. The number of aromatic nitrogens is 2. The Morgan fingerprint density at radius 2 is 1.51 bits per heavy atom. The first-order chi connectivity index (χ1) is 16.6. The van der Waals surface area contributed by atoms with E-state index < -0.39 is 25.8 Å². The summed E-state index contributed by atoms with van der Waals surface area (Å²) in [4.78, 5) is 12.8. The highest BCUT2D eigenvalue weighted by atomic mass is 32.2. The first-order valence-corrected chi connectivity index (χ1v) is 13.5. The minimum absolute atomic E-state index is 0.0160. The number of sulfonamides is 1. The summed E-state index contributed by atoms with van der Waals surface area (Å²) in [5.74, 6) is -0.507. The Balaban J connectivity index is 1.72. The lowest BCUT2D eigenvalue weighted by atomic mass is 10.2. The third kappa shape index (κ3) is 5.91. The van der Waals surface area contributed by atoms with Crippen LogP contribution in [0.15, 0.2) is 88.0 Å². The van der Waals surface area contributed by atoms with Crippen molar-refractivity contribution in [2.45, 2.75) is 16.7 Å². The highest BCUT2D eigenvalue weighted by molar-refractivity contribution is 7.91. The van der Waals surface area contributed by atoms with Crippen LogP contribution in [0.1, 0.15) is 17.3 Å². The average Bonchev–Trinajstić information content (AvgIpc) is 3.32. The minimum atomic E-state index is -3.79. The van der Waals surface area contributed by atoms with Crippen LogP contribution in [0.4, 0.5) is 6.01 Å². The van der Waals surface area contributed by atoms with E-state index in [1.807, 2.05) is 0 Å². The highest BCUT2D eigenvalue weighted by Crippen LogP contribution is 2.23. The van der Waals surface area contributed by atoms with Gasteiger partial charge in [0.1, 0.15) is 0 Å². The predicted molar refractivity (Wildman–Crippen MR) is 131 cm³/mol. The number of nitrogens with zero attached hydrogens (tertiary/aromatic N) is 3. The molecule has 0 aliphatic carbocycles. The zero-order valence-corrected chi connectivity index (χ0v) is 20.5. The van der Waals surface area contributed by atoms with Crippen molar-refractivity contribution in [2.24, 2.45) is 0 Å². The van der Waals surface area contributed by atoms with Gasteiger partial charge in [-0.2, -0.15) is 4.31 Å². The first-order valence-electron chi connectivity index (χ1n) is 10.4. The van der Waals surface area contributed by atoms with Gasteiger partial charge in [0, 0.05) is 24.2 Å². The van der Waals surface area contributed by atoms with Crippen molar-refractivity contribution in [3.63, 3.8) is 0 Å². The van der Waals surface area contributed by atoms with Crippen molar-refractivity contribution < 1.29 is 26.0 Å². The van der Waals surface area contributed by atoms with Crippen molar-refractivity contribution in [3.05, 3.63) is 79.4 Å². The van der Waals surface area contributed by atoms with E-state index in [0.29, 0.717) is 5.56 Å². The van der Waals surface area contributed by atoms with Gasteiger partial charge in [0.05, 0.1) is 15.5 Å². The number of hydrogen-bond acceptors (Lipinski definition) is 8. The van der Waals surface area contributed by atoms with Gasteiger partial charge >= 0.3 is 6.01 Å². The molecule has 0 saturated carbocycles. The van der Waals surface area contributed by atoms with Gasteiger partial charge < -0.3 is 4.42 Å². The van der Waals surface area contributed by atoms with Gasteiger partial charge in [-0.25, -0.2) is 16.8 Å². The van der Waals surface area contributed by atoms with Crippen molar-refractivity contribution >= 4 is 31.8 Å². The maximum atomic E-state index is 12.8. The number of rotatable bonds is 11. The molecule has 3 aromatic rings. The fraction of sp³-hybridized carbons (Fsp3) is 0.174. The Kier molecular flexibility index (Phi) is 7.99. The van der Waals surface area contributed by atoms with Gasteiger partial charge in [0.25, 0.3) is 5.91 Å². The van der Waals surface area contributed by atoms with Crippen LogP contribution in [0, 0.1) is 0 Å². The SMILES string of the molecule is C=CCN(CC=C)S(=O)(=O)c1ccc(C(=O)Nc2nnc(-c3ccc(S(=O)(=O)CC)cc3)o2)cc1. The molecule has 0 aliphatic rings. The Morgan fingerprint density at radius 3 is 2.06 bits per heavy atom. The lowest BCUT2D eigenvalue weighted by Gasteiger charge is -2.19. The van der Waals surface area contributed by atoms with Crippen LogP contribution in [0.3, 0.4) is 0 Å². The summed E-state index contributed by atoms with van der Waals surface area (Å²) in [6.07, 6.45) is 2.95. The molecule has 184 valence electrons. The molecule has 1 amide bonds. The summed E-state index contributed by atoms with van der Waals surface area (Å²) in [7, 11) is -7.12. The molecule has 0 aliphatic heterocycles. The summed E-state index contributed by atoms with van der Waals surface area (Å²) >= 11 is 0. The summed E-state index contributed by atoms with van der Waals surface area (Å²) in [5, 5.41) is 10.1. The van der Waals surface area contributed by atoms with Crippen LogP contribution in [-0.4, -0.2) is 56.1 Å². The van der Waals surface area contributed by atoms with E-state index in [1.165, 1.54) is 65.0 Å². The van der Waals surface area contributed by atoms with Crippen LogP contribution < -0.4 is 5.32 Å². The number of carbonyl (C=O) groups excluding carboxylic acids is 1. The molecule has 0 bridgehead atoms. The minimum Gasteiger partial charge on any atom is -0.403 e. The Labute approximate surface area is 204 Å². The average molecular weight is 517 g/mol. The third-order valence-electron chi connectivity index (χ3n) is 4.91. The van der Waals surface area contributed by atoms with Gasteiger partial charge in [-0.05, 0) is 48.5 Å². The van der Waals surface area contributed by atoms with E-state index in [2.05, 4.69) is 28.7 Å². The molecule has 0 fully saturated rings. The maximum absolute atomic E-state index is 12.8. The van der Waals surface area contributed by atoms with Gasteiger partial charge in [0.15, 0.2) is 9.84 Å². The van der Waals surface area contributed by atoms with E-state index in [0.717, 1.165) is 0 Å². The Morgan fingerprint density at radius 1 is 0.943 bits per heavy atom. The van der Waals surface area contributed by atoms with E-state index in [4.69, 9.17) is 4.42 Å². The largest absolute Gasteiger partial charge is 0.403 e. The molecule has 12 heteroatoms. The molecule has 1 aromatic heterocycles. The zero-order chi connectivity index (χ0) is 25.6. The lowest BCUT2D eigenvalue weighted by Crippen LogP contribution is -2.31. The number of amides is 1. The second-order valence-corrected chi connectivity index (χ2v) is 11.4. The van der Waals surface area contributed by atoms with Gasteiger partial charge in [0.2, 0.25) is 15.9 Å². The van der Waals surface area contributed by atoms with Crippen molar-refractivity contribution in [1.29, 1.82) is 0 Å². The summed E-state index contributed by atoms with van der Waals surface area (Å²) in [6.45, 7) is 8.93. The van der Waals surface area contributed by atoms with Crippen LogP contribution in [0.2, 0.25) is 0 Å². The third-order valence-corrected chi connectivity index (χ3v) is 8.50. The molecule has 0 unspecified atom stereocenters. The van der Waals surface area contributed by atoms with Crippen LogP contribution >= 0.6 is 0 Å². The maximum Gasteiger partial charge on any atom is 0.322 e. The van der Waals surface area contributed by atoms with E-state index in [1.54, 1.807) is 6.92 Å². The van der Waals surface area contributed by atoms with E-state index in [-0.39, 0.29) is 46.1 Å². The summed E-state index contributed by atoms with van der Waals surface area (Å²) in [5.41, 5.74) is 0.656. The van der Waals surface area contributed by atoms with E-state index >= 15 is 0 Å². The second-order valence-electron chi connectivity index (χ2n) is 7.22. The normalized spacial score (nSPS) is 11.8. The number of hydrogen-bond donors (Lipinski definition) is 1. The smallest absolute Gasteiger partial charge is 0.322 e. The van der Waals surface area contributed by atoms with Crippen molar-refractivity contribution in [3.8, 4) is 11.5 Å². The molecule has 2 aromatic carbocycles. The van der Waals surface area contributed by atoms with Crippen LogP contribution in [-0.2, 0) is 19.9 Å². The molecule has 1 heterocycles. The number of nitrogens with one attached hydrogen (secondary N) is 1. The molecule has 0 atom stereocenters. The topological polar surface area (TPSA) is 140 Å². The monoisotopic (exact) mass is 516 g/mol. The fourth-order valence-corrected chi connectivity index (χ4v) is 5.28. The van der Waals surface area contributed by atoms with Crippen molar-refractivity contribution in [1.82, 2.24) is 14.5 Å². The molecule has 10 nitrogen and oxygen atoms in total. The molecule has 35 heavy (non-hydrogen) atoms. The van der Waals surface area contributed by atoms with Gasteiger partial charge in [-0.15, -0.1) is 18.3 Å². The highest BCUT2D eigenvalue weighted by Gasteiger charge is 2.23. The van der Waals surface area contributed by atoms with Crippen LogP contribution in [0.25, 0.3) is 11.5 Å². The number of sulfone groups is 1. The number of anilines is 1. The van der Waals surface area contributed by atoms with Crippen molar-refractivity contribution in [2.75, 3.05) is 24.2 Å². The molecule has 0 saturated heterocycles. The quantitative estimate of drug-likeness (QED) is 0.383. The molecular weight excluding hydrogens is 492 g/mol. The summed E-state index contributed by atoms with van der Waals surface area (Å²) < 4.78 is 56.1. The zero-order valence-electron chi connectivity index (χ0n) is 18.9. The molecule has 0 spiro atoms. The summed E-state index contributed by atoms with van der Waals surface area (Å²) in [6, 6.07) is 11.2. The van der Waals surface area contributed by atoms with Gasteiger partial charge in [-0.3, -0.25) is 10.1 Å². The van der Waals surface area contributed by atoms with Crippen LogP contribution in [0.5, 0.6) is 0 Å². The predicted octanol–water partition coefficient (Wildman–Crippen LogP) is 3.15. The Hall–Kier alpha value is -3.61. The standard InChI is InChI=1S/C23H24N4O6S2/c1-4-15-27(16-5-2)35(31,32)20-13-7-17(8-14-20)21(28)24-23-26-25-22(33-23)18-9-11-19(12-10-18)34(29,30)6-3/h4-5,7-14H,1-2,6,15-16H2,3H3,(H,24,26,28). The van der Waals surface area contributed by atoms with Gasteiger partial charge in [-0.1, -0.05) is 24.2 Å². The molecule has 0 radical (unpaired) electrons. The Bertz CT molecular complexity index is 1420. The number of benzene rings is 2. The lowest BCUT2D eigenvalue weighted by molar-refractivity contribution is 0.102. The fourth-order valence-electron chi connectivity index (χ4n) is 3.02. The first kappa shape index (κ1) is 26.0.